The van der Waals surface area contributed by atoms with Gasteiger partial charge in [0.25, 0.3) is 0 Å². The molecule has 0 bridgehead atoms. The molecule has 0 unspecified atom stereocenters. The highest BCUT2D eigenvalue weighted by Gasteiger charge is 2.04. The summed E-state index contributed by atoms with van der Waals surface area (Å²) in [7, 11) is 0. The van der Waals surface area contributed by atoms with Crippen molar-refractivity contribution in [2.45, 2.75) is 0 Å². The first kappa shape index (κ1) is 9.39. The van der Waals surface area contributed by atoms with Crippen molar-refractivity contribution in [3.8, 4) is 0 Å². The van der Waals surface area contributed by atoms with E-state index in [2.05, 4.69) is 12.8 Å². The standard InChI is InChI=1S/C5H5NO2S.ClH/c7-5(8)4-2-1-3-6(4)9;/h1-3,9H,(H,7,8);1H. The second-order valence-electron chi connectivity index (χ2n) is 1.54. The highest BCUT2D eigenvalue weighted by atomic mass is 35.5. The molecule has 0 saturated carbocycles. The number of halogens is 1. The van der Waals surface area contributed by atoms with Crippen molar-refractivity contribution in [1.82, 2.24) is 3.97 Å². The molecule has 0 aromatic carbocycles. The molecule has 0 spiro atoms. The SMILES string of the molecule is Cl.O=C(O)c1cccn1S. The Kier molecular flexibility index (Phi) is 3.32. The Morgan fingerprint density at radius 1 is 1.70 bits per heavy atom. The van der Waals surface area contributed by atoms with Gasteiger partial charge in [0.1, 0.15) is 5.69 Å². The van der Waals surface area contributed by atoms with Crippen LogP contribution < -0.4 is 0 Å². The van der Waals surface area contributed by atoms with Crippen molar-refractivity contribution >= 4 is 31.2 Å². The number of carboxylic acid groups (broad SMARTS) is 1. The van der Waals surface area contributed by atoms with Crippen molar-refractivity contribution < 1.29 is 9.90 Å². The minimum Gasteiger partial charge on any atom is -0.477 e. The second-order valence-corrected chi connectivity index (χ2v) is 1.97. The molecule has 1 N–H and O–H groups in total. The Labute approximate surface area is 69.6 Å². The maximum absolute atomic E-state index is 10.2. The molecule has 0 amide bonds. The van der Waals surface area contributed by atoms with Gasteiger partial charge in [-0.15, -0.1) is 12.4 Å². The van der Waals surface area contributed by atoms with Gasteiger partial charge in [0.15, 0.2) is 0 Å². The lowest BCUT2D eigenvalue weighted by atomic mass is 10.4. The fourth-order valence-electron chi connectivity index (χ4n) is 0.542. The summed E-state index contributed by atoms with van der Waals surface area (Å²) in [6, 6.07) is 3.10. The first-order chi connectivity index (χ1) is 4.22. The third-order valence-electron chi connectivity index (χ3n) is 0.947. The first-order valence-corrected chi connectivity index (χ1v) is 2.71. The molecule has 0 aliphatic rings. The molecule has 1 aromatic heterocycles. The van der Waals surface area contributed by atoms with Crippen LogP contribution in [0.2, 0.25) is 0 Å². The van der Waals surface area contributed by atoms with E-state index >= 15 is 0 Å². The van der Waals surface area contributed by atoms with Crippen LogP contribution in [0.25, 0.3) is 0 Å². The molecule has 0 fully saturated rings. The molecule has 0 radical (unpaired) electrons. The zero-order valence-corrected chi connectivity index (χ0v) is 6.60. The van der Waals surface area contributed by atoms with Crippen LogP contribution in [0.3, 0.4) is 0 Å². The average molecular weight is 180 g/mol. The fraction of sp³-hybridized carbons (Fsp3) is 0. The molecule has 0 aliphatic carbocycles. The largest absolute Gasteiger partial charge is 0.477 e. The van der Waals surface area contributed by atoms with Gasteiger partial charge in [-0.2, -0.15) is 0 Å². The lowest BCUT2D eigenvalue weighted by Crippen LogP contribution is -1.99. The summed E-state index contributed by atoms with van der Waals surface area (Å²) in [5, 5.41) is 8.38. The minimum atomic E-state index is -0.963. The number of rotatable bonds is 1. The second kappa shape index (κ2) is 3.53. The molecule has 56 valence electrons. The Balaban J connectivity index is 0.000000810. The maximum Gasteiger partial charge on any atom is 0.353 e. The molecule has 1 rings (SSSR count). The summed E-state index contributed by atoms with van der Waals surface area (Å²) >= 11 is 3.82. The number of hydrogen-bond donors (Lipinski definition) is 2. The van der Waals surface area contributed by atoms with Crippen LogP contribution in [0.5, 0.6) is 0 Å². The van der Waals surface area contributed by atoms with Gasteiger partial charge in [0.05, 0.1) is 0 Å². The van der Waals surface area contributed by atoms with Gasteiger partial charge in [0.2, 0.25) is 0 Å². The minimum absolute atomic E-state index is 0. The number of carboxylic acids is 1. The molecule has 0 atom stereocenters. The Hall–Kier alpha value is -0.610. The van der Waals surface area contributed by atoms with Crippen LogP contribution in [0.4, 0.5) is 0 Å². The lowest BCUT2D eigenvalue weighted by Gasteiger charge is -1.91. The van der Waals surface area contributed by atoms with Gasteiger partial charge in [-0.05, 0) is 12.1 Å². The quantitative estimate of drug-likeness (QED) is 0.639. The van der Waals surface area contributed by atoms with E-state index in [-0.39, 0.29) is 18.1 Å². The van der Waals surface area contributed by atoms with E-state index in [1.54, 1.807) is 12.3 Å². The van der Waals surface area contributed by atoms with E-state index in [1.807, 2.05) is 0 Å². The Morgan fingerprint density at radius 2 is 2.30 bits per heavy atom. The third-order valence-corrected chi connectivity index (χ3v) is 1.30. The number of thiol groups is 1. The smallest absolute Gasteiger partial charge is 0.353 e. The highest BCUT2D eigenvalue weighted by Crippen LogP contribution is 2.01. The number of hydrogen-bond acceptors (Lipinski definition) is 2. The molecule has 1 heterocycles. The predicted molar refractivity (Wildman–Crippen MR) is 43.0 cm³/mol. The Morgan fingerprint density at radius 3 is 2.50 bits per heavy atom. The fourth-order valence-corrected chi connectivity index (χ4v) is 0.771. The zero-order valence-electron chi connectivity index (χ0n) is 4.89. The molecule has 5 heteroatoms. The zero-order chi connectivity index (χ0) is 6.85. The average Bonchev–Trinajstić information content (AvgIpc) is 2.13. The summed E-state index contributed by atoms with van der Waals surface area (Å²) < 4.78 is 1.25. The molecular formula is C5H6ClNO2S. The molecule has 0 saturated heterocycles. The van der Waals surface area contributed by atoms with Gasteiger partial charge in [-0.25, -0.2) is 4.79 Å². The Bertz CT molecular complexity index is 235. The van der Waals surface area contributed by atoms with Gasteiger partial charge in [-0.1, -0.05) is 12.8 Å². The van der Waals surface area contributed by atoms with Crippen LogP contribution in [0.15, 0.2) is 18.3 Å². The number of aromatic carboxylic acids is 1. The van der Waals surface area contributed by atoms with E-state index in [9.17, 15) is 4.79 Å². The first-order valence-electron chi connectivity index (χ1n) is 2.31. The summed E-state index contributed by atoms with van der Waals surface area (Å²) in [4.78, 5) is 10.2. The van der Waals surface area contributed by atoms with Crippen molar-refractivity contribution in [1.29, 1.82) is 0 Å². The maximum atomic E-state index is 10.2. The van der Waals surface area contributed by atoms with Crippen molar-refractivity contribution in [2.24, 2.45) is 0 Å². The van der Waals surface area contributed by atoms with E-state index in [1.165, 1.54) is 10.0 Å². The molecule has 0 aliphatic heterocycles. The van der Waals surface area contributed by atoms with E-state index in [4.69, 9.17) is 5.11 Å². The topological polar surface area (TPSA) is 42.2 Å². The van der Waals surface area contributed by atoms with Crippen molar-refractivity contribution in [2.75, 3.05) is 0 Å². The number of carbonyl (C=O) groups is 1. The van der Waals surface area contributed by atoms with E-state index in [0.29, 0.717) is 0 Å². The molecule has 10 heavy (non-hydrogen) atoms. The lowest BCUT2D eigenvalue weighted by molar-refractivity contribution is 0.0690. The van der Waals surface area contributed by atoms with Crippen LogP contribution in [-0.2, 0) is 0 Å². The van der Waals surface area contributed by atoms with E-state index < -0.39 is 5.97 Å². The predicted octanol–water partition coefficient (Wildman–Crippen LogP) is 1.30. The van der Waals surface area contributed by atoms with Gasteiger partial charge < -0.3 is 5.11 Å². The normalized spacial score (nSPS) is 8.50. The van der Waals surface area contributed by atoms with Crippen LogP contribution in [0.1, 0.15) is 10.5 Å². The van der Waals surface area contributed by atoms with E-state index in [0.717, 1.165) is 0 Å². The van der Waals surface area contributed by atoms with Gasteiger partial charge in [0, 0.05) is 6.20 Å². The van der Waals surface area contributed by atoms with Crippen LogP contribution in [-0.4, -0.2) is 15.0 Å². The van der Waals surface area contributed by atoms with Gasteiger partial charge in [-0.3, -0.25) is 3.97 Å². The van der Waals surface area contributed by atoms with Crippen molar-refractivity contribution in [3.63, 3.8) is 0 Å². The number of aromatic nitrogens is 1. The van der Waals surface area contributed by atoms with Crippen LogP contribution in [0, 0.1) is 0 Å². The number of nitrogens with zero attached hydrogens (tertiary/aromatic N) is 1. The third kappa shape index (κ3) is 1.68. The van der Waals surface area contributed by atoms with Crippen molar-refractivity contribution in [3.05, 3.63) is 24.0 Å². The summed E-state index contributed by atoms with van der Waals surface area (Å²) in [6.07, 6.45) is 1.56. The van der Waals surface area contributed by atoms with Gasteiger partial charge >= 0.3 is 5.97 Å². The molecule has 1 aromatic rings. The monoisotopic (exact) mass is 179 g/mol. The summed E-state index contributed by atoms with van der Waals surface area (Å²) in [6.45, 7) is 0. The highest BCUT2D eigenvalue weighted by molar-refractivity contribution is 7.78. The molecule has 3 nitrogen and oxygen atoms in total. The summed E-state index contributed by atoms with van der Waals surface area (Å²) in [5.74, 6) is -0.963. The summed E-state index contributed by atoms with van der Waals surface area (Å²) in [5.41, 5.74) is 0.179. The van der Waals surface area contributed by atoms with Crippen LogP contribution >= 0.6 is 25.2 Å². The molecular weight excluding hydrogens is 174 g/mol.